The van der Waals surface area contributed by atoms with Crippen molar-refractivity contribution in [1.29, 1.82) is 0 Å². The molecule has 0 bridgehead atoms. The van der Waals surface area contributed by atoms with E-state index in [-0.39, 0.29) is 12.3 Å². The summed E-state index contributed by atoms with van der Waals surface area (Å²) >= 11 is 0. The number of carbonyl (C=O) groups is 2. The molecule has 0 radical (unpaired) electrons. The van der Waals surface area contributed by atoms with Crippen molar-refractivity contribution in [3.63, 3.8) is 0 Å². The summed E-state index contributed by atoms with van der Waals surface area (Å²) in [7, 11) is 2.58. The maximum atomic E-state index is 12.2. The van der Waals surface area contributed by atoms with Gasteiger partial charge in [-0.25, -0.2) is 0 Å². The number of rotatable bonds is 5. The second kappa shape index (κ2) is 7.43. The predicted octanol–water partition coefficient (Wildman–Crippen LogP) is 3.59. The minimum absolute atomic E-state index is 0.00348. The maximum Gasteiger partial charge on any atom is 0.323 e. The maximum absolute atomic E-state index is 12.2. The summed E-state index contributed by atoms with van der Waals surface area (Å²) in [5.74, 6) is -1.08. The lowest BCUT2D eigenvalue weighted by Crippen LogP contribution is -2.39. The zero-order chi connectivity index (χ0) is 16.9. The summed E-state index contributed by atoms with van der Waals surface area (Å²) in [6, 6.07) is 0. The number of hydrogen-bond donors (Lipinski definition) is 0. The molecular weight excluding hydrogens is 280 g/mol. The van der Waals surface area contributed by atoms with E-state index in [2.05, 4.69) is 32.6 Å². The first kappa shape index (κ1) is 18.2. The highest BCUT2D eigenvalue weighted by Gasteiger charge is 2.55. The highest BCUT2D eigenvalue weighted by molar-refractivity contribution is 6.01. The highest BCUT2D eigenvalue weighted by Crippen LogP contribution is 2.49. The summed E-state index contributed by atoms with van der Waals surface area (Å²) in [6.45, 7) is 10.2. The Morgan fingerprint density at radius 3 is 2.18 bits per heavy atom. The molecule has 0 N–H and O–H groups in total. The smallest absolute Gasteiger partial charge is 0.323 e. The van der Waals surface area contributed by atoms with Gasteiger partial charge in [0.1, 0.15) is 0 Å². The van der Waals surface area contributed by atoms with E-state index in [0.29, 0.717) is 6.42 Å². The molecule has 0 heterocycles. The Kier molecular flexibility index (Phi) is 6.15. The summed E-state index contributed by atoms with van der Waals surface area (Å²) in [5.41, 5.74) is 2.00. The molecule has 22 heavy (non-hydrogen) atoms. The minimum atomic E-state index is -1.25. The number of methoxy groups -OCH3 is 2. The molecule has 1 rings (SSSR count). The Hall–Kier alpha value is -1.84. The number of allylic oxidation sites excluding steroid dienone is 5. The second-order valence-electron chi connectivity index (χ2n) is 6.12. The Morgan fingerprint density at radius 2 is 1.73 bits per heavy atom. The molecule has 4 nitrogen and oxygen atoms in total. The number of hydrogen-bond acceptors (Lipinski definition) is 4. The number of carbonyl (C=O) groups excluding carboxylic acids is 2. The highest BCUT2D eigenvalue weighted by atomic mass is 16.5. The Morgan fingerprint density at radius 1 is 1.18 bits per heavy atom. The molecule has 0 aliphatic heterocycles. The van der Waals surface area contributed by atoms with Crippen LogP contribution in [-0.4, -0.2) is 26.2 Å². The van der Waals surface area contributed by atoms with Crippen molar-refractivity contribution >= 4 is 11.9 Å². The van der Waals surface area contributed by atoms with Crippen molar-refractivity contribution in [2.75, 3.05) is 14.2 Å². The van der Waals surface area contributed by atoms with Gasteiger partial charge in [-0.05, 0) is 40.0 Å². The van der Waals surface area contributed by atoms with Crippen molar-refractivity contribution in [3.05, 3.63) is 35.5 Å². The molecule has 0 saturated heterocycles. The van der Waals surface area contributed by atoms with Crippen LogP contribution in [0.25, 0.3) is 0 Å². The first-order valence-corrected chi connectivity index (χ1v) is 7.43. The first-order chi connectivity index (χ1) is 10.3. The van der Waals surface area contributed by atoms with Gasteiger partial charge in [0.2, 0.25) is 0 Å². The molecule has 1 atom stereocenters. The van der Waals surface area contributed by atoms with Gasteiger partial charge < -0.3 is 9.47 Å². The average molecular weight is 306 g/mol. The quantitative estimate of drug-likeness (QED) is 0.442. The van der Waals surface area contributed by atoms with Crippen LogP contribution < -0.4 is 0 Å². The largest absolute Gasteiger partial charge is 0.468 e. The lowest BCUT2D eigenvalue weighted by Gasteiger charge is -2.23. The summed E-state index contributed by atoms with van der Waals surface area (Å²) in [5, 5.41) is 0. The molecular formula is C18H26O4. The summed E-state index contributed by atoms with van der Waals surface area (Å²) in [4.78, 5) is 24.3. The van der Waals surface area contributed by atoms with Crippen LogP contribution in [0.5, 0.6) is 0 Å². The Labute approximate surface area is 132 Å². The van der Waals surface area contributed by atoms with E-state index in [0.717, 1.165) is 17.6 Å². The van der Waals surface area contributed by atoms with Gasteiger partial charge in [0.25, 0.3) is 0 Å². The summed E-state index contributed by atoms with van der Waals surface area (Å²) in [6.07, 6.45) is 5.73. The van der Waals surface area contributed by atoms with Crippen LogP contribution in [-0.2, 0) is 19.1 Å². The topological polar surface area (TPSA) is 52.6 Å². The van der Waals surface area contributed by atoms with Gasteiger partial charge in [-0.3, -0.25) is 9.59 Å². The van der Waals surface area contributed by atoms with Crippen molar-refractivity contribution in [1.82, 2.24) is 0 Å². The molecule has 122 valence electrons. The minimum Gasteiger partial charge on any atom is -0.468 e. The van der Waals surface area contributed by atoms with Crippen molar-refractivity contribution < 1.29 is 19.1 Å². The van der Waals surface area contributed by atoms with Crippen LogP contribution in [0, 0.1) is 11.3 Å². The van der Waals surface area contributed by atoms with Gasteiger partial charge in [0, 0.05) is 5.92 Å². The van der Waals surface area contributed by atoms with E-state index in [1.807, 2.05) is 6.92 Å². The molecule has 0 aromatic carbocycles. The lowest BCUT2D eigenvalue weighted by atomic mass is 9.84. The van der Waals surface area contributed by atoms with Crippen molar-refractivity contribution in [3.8, 4) is 0 Å². The van der Waals surface area contributed by atoms with Crippen molar-refractivity contribution in [2.24, 2.45) is 11.3 Å². The van der Waals surface area contributed by atoms with E-state index < -0.39 is 17.4 Å². The third kappa shape index (κ3) is 3.67. The summed E-state index contributed by atoms with van der Waals surface area (Å²) < 4.78 is 9.68. The Balaban J connectivity index is 3.03. The molecule has 1 aliphatic carbocycles. The van der Waals surface area contributed by atoms with Gasteiger partial charge in [-0.1, -0.05) is 35.5 Å². The third-order valence-corrected chi connectivity index (χ3v) is 4.24. The fourth-order valence-electron chi connectivity index (χ4n) is 2.97. The van der Waals surface area contributed by atoms with Crippen LogP contribution in [0.4, 0.5) is 0 Å². The van der Waals surface area contributed by atoms with Crippen LogP contribution >= 0.6 is 0 Å². The molecule has 0 spiro atoms. The van der Waals surface area contributed by atoms with Gasteiger partial charge in [-0.15, -0.1) is 0 Å². The van der Waals surface area contributed by atoms with Crippen LogP contribution in [0.3, 0.4) is 0 Å². The van der Waals surface area contributed by atoms with Crippen LogP contribution in [0.1, 0.15) is 40.0 Å². The standard InChI is InChI=1S/C18H26O4/c1-12(2)8-7-9-13(3)15-11-18(10-14(15)4,16(19)21-5)17(20)22-6/h8-9,15H,4,7,10-11H2,1-3,5-6H3/b13-9-. The van der Waals surface area contributed by atoms with Gasteiger partial charge in [-0.2, -0.15) is 0 Å². The Bertz CT molecular complexity index is 505. The van der Waals surface area contributed by atoms with E-state index in [4.69, 9.17) is 9.47 Å². The SMILES string of the molecule is C=C1CC(C(=O)OC)(C(=O)OC)CC1/C(C)=C\CC=C(C)C. The van der Waals surface area contributed by atoms with Gasteiger partial charge in [0.05, 0.1) is 14.2 Å². The van der Waals surface area contributed by atoms with E-state index in [1.54, 1.807) is 0 Å². The zero-order valence-electron chi connectivity index (χ0n) is 14.2. The average Bonchev–Trinajstić information content (AvgIpc) is 2.84. The normalized spacial score (nSPS) is 20.5. The fourth-order valence-corrected chi connectivity index (χ4v) is 2.97. The molecule has 0 amide bonds. The molecule has 1 aliphatic rings. The monoisotopic (exact) mass is 306 g/mol. The molecule has 1 fully saturated rings. The first-order valence-electron chi connectivity index (χ1n) is 7.43. The fraction of sp³-hybridized carbons (Fsp3) is 0.556. The molecule has 1 saturated carbocycles. The molecule has 4 heteroatoms. The van der Waals surface area contributed by atoms with Crippen LogP contribution in [0.2, 0.25) is 0 Å². The van der Waals surface area contributed by atoms with Gasteiger partial charge >= 0.3 is 11.9 Å². The van der Waals surface area contributed by atoms with E-state index in [9.17, 15) is 9.59 Å². The van der Waals surface area contributed by atoms with E-state index in [1.165, 1.54) is 19.8 Å². The lowest BCUT2D eigenvalue weighted by molar-refractivity contribution is -0.168. The van der Waals surface area contributed by atoms with E-state index >= 15 is 0 Å². The molecule has 0 aromatic heterocycles. The third-order valence-electron chi connectivity index (χ3n) is 4.24. The molecule has 1 unspecified atom stereocenters. The van der Waals surface area contributed by atoms with Gasteiger partial charge in [0.15, 0.2) is 5.41 Å². The second-order valence-corrected chi connectivity index (χ2v) is 6.12. The number of ether oxygens (including phenoxy) is 2. The number of esters is 2. The molecule has 0 aromatic rings. The van der Waals surface area contributed by atoms with Crippen molar-refractivity contribution in [2.45, 2.75) is 40.0 Å². The predicted molar refractivity (Wildman–Crippen MR) is 86.1 cm³/mol. The zero-order valence-corrected chi connectivity index (χ0v) is 14.2. The van der Waals surface area contributed by atoms with Crippen LogP contribution in [0.15, 0.2) is 35.5 Å².